The molecule has 118 valence electrons. The molecule has 1 saturated heterocycles. The van der Waals surface area contributed by atoms with Gasteiger partial charge in [0.15, 0.2) is 0 Å². The zero-order chi connectivity index (χ0) is 15.1. The van der Waals surface area contributed by atoms with Crippen LogP contribution in [0.2, 0.25) is 0 Å². The Morgan fingerprint density at radius 3 is 2.71 bits per heavy atom. The fourth-order valence-electron chi connectivity index (χ4n) is 3.30. The van der Waals surface area contributed by atoms with Crippen LogP contribution in [-0.4, -0.2) is 29.6 Å². The van der Waals surface area contributed by atoms with Crippen LogP contribution in [-0.2, 0) is 0 Å². The molecule has 1 aromatic rings. The maximum Gasteiger partial charge on any atom is 0.0802 e. The van der Waals surface area contributed by atoms with Crippen molar-refractivity contribution in [1.29, 1.82) is 0 Å². The lowest BCUT2D eigenvalue weighted by Gasteiger charge is -2.22. The normalized spacial score (nSPS) is 22.0. The van der Waals surface area contributed by atoms with E-state index in [1.165, 1.54) is 45.2 Å². The van der Waals surface area contributed by atoms with E-state index in [1.807, 2.05) is 24.3 Å². The number of halogens is 1. The summed E-state index contributed by atoms with van der Waals surface area (Å²) in [6, 6.07) is 8.02. The fourth-order valence-corrected chi connectivity index (χ4v) is 3.57. The Balaban J connectivity index is 1.76. The molecule has 21 heavy (non-hydrogen) atoms. The third-order valence-electron chi connectivity index (χ3n) is 4.61. The van der Waals surface area contributed by atoms with Gasteiger partial charge in [0.05, 0.1) is 6.10 Å². The van der Waals surface area contributed by atoms with Gasteiger partial charge in [0.1, 0.15) is 0 Å². The van der Waals surface area contributed by atoms with Gasteiger partial charge < -0.3 is 10.0 Å². The molecule has 1 fully saturated rings. The van der Waals surface area contributed by atoms with Crippen LogP contribution in [0, 0.1) is 5.92 Å². The Kier molecular flexibility index (Phi) is 7.21. The summed E-state index contributed by atoms with van der Waals surface area (Å²) in [5, 5.41) is 10.3. The van der Waals surface area contributed by atoms with Gasteiger partial charge in [-0.2, -0.15) is 0 Å². The molecule has 1 N–H and O–H groups in total. The second-order valence-electron chi connectivity index (χ2n) is 6.28. The summed E-state index contributed by atoms with van der Waals surface area (Å²) < 4.78 is 1.06. The van der Waals surface area contributed by atoms with Crippen LogP contribution >= 0.6 is 15.9 Å². The first-order valence-electron chi connectivity index (χ1n) is 8.35. The minimum absolute atomic E-state index is 0.340. The van der Waals surface area contributed by atoms with Gasteiger partial charge in [0, 0.05) is 11.0 Å². The number of aliphatic hydroxyl groups excluding tert-OH is 1. The summed E-state index contributed by atoms with van der Waals surface area (Å²) in [5.41, 5.74) is 1.02. The average molecular weight is 354 g/mol. The highest BCUT2D eigenvalue weighted by Gasteiger charge is 2.17. The summed E-state index contributed by atoms with van der Waals surface area (Å²) in [6.45, 7) is 5.71. The third kappa shape index (κ3) is 5.72. The first kappa shape index (κ1) is 17.0. The van der Waals surface area contributed by atoms with Crippen LogP contribution in [0.1, 0.15) is 57.1 Å². The van der Waals surface area contributed by atoms with Crippen molar-refractivity contribution in [2.24, 2.45) is 5.92 Å². The second-order valence-corrected chi connectivity index (χ2v) is 7.20. The van der Waals surface area contributed by atoms with E-state index in [-0.39, 0.29) is 6.10 Å². The Hall–Kier alpha value is -0.380. The molecule has 0 bridgehead atoms. The molecule has 2 nitrogen and oxygen atoms in total. The molecule has 1 aliphatic heterocycles. The molecule has 0 radical (unpaired) electrons. The smallest absolute Gasteiger partial charge is 0.0802 e. The maximum atomic E-state index is 10.3. The van der Waals surface area contributed by atoms with Crippen LogP contribution in [0.25, 0.3) is 0 Å². The monoisotopic (exact) mass is 353 g/mol. The predicted octanol–water partition coefficient (Wildman–Crippen LogP) is 4.77. The summed E-state index contributed by atoms with van der Waals surface area (Å²) in [4.78, 5) is 2.54. The molecule has 3 heteroatoms. The number of hydrogen-bond acceptors (Lipinski definition) is 2. The van der Waals surface area contributed by atoms with Crippen LogP contribution in [0.15, 0.2) is 28.7 Å². The predicted molar refractivity (Wildman–Crippen MR) is 92.4 cm³/mol. The van der Waals surface area contributed by atoms with Crippen LogP contribution < -0.4 is 0 Å². The van der Waals surface area contributed by atoms with Crippen LogP contribution in [0.4, 0.5) is 0 Å². The number of benzene rings is 1. The molecule has 2 unspecified atom stereocenters. The SMILES string of the molecule is CCCC1CCCN(CCC(O)c2ccc(Br)cc2)CC1. The molecular formula is C18H28BrNO. The lowest BCUT2D eigenvalue weighted by molar-refractivity contribution is 0.142. The second kappa shape index (κ2) is 8.92. The number of rotatable bonds is 6. The molecule has 2 rings (SSSR count). The third-order valence-corrected chi connectivity index (χ3v) is 5.14. The van der Waals surface area contributed by atoms with Crippen molar-refractivity contribution < 1.29 is 5.11 Å². The van der Waals surface area contributed by atoms with Gasteiger partial charge in [-0.3, -0.25) is 0 Å². The van der Waals surface area contributed by atoms with Crippen molar-refractivity contribution in [3.8, 4) is 0 Å². The van der Waals surface area contributed by atoms with Crippen LogP contribution in [0.3, 0.4) is 0 Å². The first-order chi connectivity index (χ1) is 10.2. The van der Waals surface area contributed by atoms with Gasteiger partial charge in [-0.15, -0.1) is 0 Å². The van der Waals surface area contributed by atoms with E-state index in [0.717, 1.165) is 28.9 Å². The molecule has 1 aromatic carbocycles. The molecule has 1 heterocycles. The molecule has 2 atom stereocenters. The lowest BCUT2D eigenvalue weighted by Crippen LogP contribution is -2.27. The molecule has 0 spiro atoms. The van der Waals surface area contributed by atoms with Crippen LogP contribution in [0.5, 0.6) is 0 Å². The van der Waals surface area contributed by atoms with Gasteiger partial charge in [-0.1, -0.05) is 47.8 Å². The van der Waals surface area contributed by atoms with Crippen molar-refractivity contribution >= 4 is 15.9 Å². The van der Waals surface area contributed by atoms with Gasteiger partial charge >= 0.3 is 0 Å². The molecular weight excluding hydrogens is 326 g/mol. The van der Waals surface area contributed by atoms with E-state index in [0.29, 0.717) is 0 Å². The molecule has 1 aliphatic rings. The van der Waals surface area contributed by atoms with E-state index in [9.17, 15) is 5.11 Å². The molecule has 0 saturated carbocycles. The van der Waals surface area contributed by atoms with Crippen molar-refractivity contribution in [3.05, 3.63) is 34.3 Å². The fraction of sp³-hybridized carbons (Fsp3) is 0.667. The Morgan fingerprint density at radius 1 is 1.24 bits per heavy atom. The highest BCUT2D eigenvalue weighted by Crippen LogP contribution is 2.24. The molecule has 0 aliphatic carbocycles. The van der Waals surface area contributed by atoms with Gasteiger partial charge in [-0.05, 0) is 62.4 Å². The minimum Gasteiger partial charge on any atom is -0.388 e. The number of nitrogens with zero attached hydrogens (tertiary/aromatic N) is 1. The van der Waals surface area contributed by atoms with Crippen molar-refractivity contribution in [2.75, 3.05) is 19.6 Å². The van der Waals surface area contributed by atoms with Crippen molar-refractivity contribution in [3.63, 3.8) is 0 Å². The van der Waals surface area contributed by atoms with Crippen molar-refractivity contribution in [1.82, 2.24) is 4.90 Å². The summed E-state index contributed by atoms with van der Waals surface area (Å²) in [5.74, 6) is 0.927. The summed E-state index contributed by atoms with van der Waals surface area (Å²) >= 11 is 3.43. The zero-order valence-corrected chi connectivity index (χ0v) is 14.7. The average Bonchev–Trinajstić information content (AvgIpc) is 2.71. The van der Waals surface area contributed by atoms with E-state index >= 15 is 0 Å². The van der Waals surface area contributed by atoms with Crippen molar-refractivity contribution in [2.45, 2.75) is 51.6 Å². The zero-order valence-electron chi connectivity index (χ0n) is 13.1. The highest BCUT2D eigenvalue weighted by atomic mass is 79.9. The Bertz CT molecular complexity index is 406. The number of likely N-dealkylation sites (tertiary alicyclic amines) is 1. The summed E-state index contributed by atoms with van der Waals surface area (Å²) in [6.07, 6.45) is 7.23. The van der Waals surface area contributed by atoms with Gasteiger partial charge in [0.2, 0.25) is 0 Å². The molecule has 0 aromatic heterocycles. The molecule has 0 amide bonds. The number of aliphatic hydroxyl groups is 1. The van der Waals surface area contributed by atoms with E-state index < -0.39 is 0 Å². The quantitative estimate of drug-likeness (QED) is 0.795. The minimum atomic E-state index is -0.340. The Labute approximate surface area is 137 Å². The van der Waals surface area contributed by atoms with E-state index in [2.05, 4.69) is 27.8 Å². The number of hydrogen-bond donors (Lipinski definition) is 1. The van der Waals surface area contributed by atoms with E-state index in [4.69, 9.17) is 0 Å². The van der Waals surface area contributed by atoms with Gasteiger partial charge in [-0.25, -0.2) is 0 Å². The maximum absolute atomic E-state index is 10.3. The van der Waals surface area contributed by atoms with Gasteiger partial charge in [0.25, 0.3) is 0 Å². The van der Waals surface area contributed by atoms with E-state index in [1.54, 1.807) is 0 Å². The Morgan fingerprint density at radius 2 is 2.00 bits per heavy atom. The lowest BCUT2D eigenvalue weighted by atomic mass is 9.96. The topological polar surface area (TPSA) is 23.5 Å². The standard InChI is InChI=1S/C18H28BrNO/c1-2-4-15-5-3-12-20(13-10-15)14-11-18(21)16-6-8-17(19)9-7-16/h6-9,15,18,21H,2-5,10-14H2,1H3. The largest absolute Gasteiger partial charge is 0.388 e. The highest BCUT2D eigenvalue weighted by molar-refractivity contribution is 9.10. The summed E-state index contributed by atoms with van der Waals surface area (Å²) in [7, 11) is 0. The first-order valence-corrected chi connectivity index (χ1v) is 9.14.